The van der Waals surface area contributed by atoms with Crippen LogP contribution in [0.15, 0.2) is 40.3 Å². The van der Waals surface area contributed by atoms with Crippen LogP contribution in [0, 0.1) is 0 Å². The second kappa shape index (κ2) is 7.96. The molecule has 3 aromatic rings. The Morgan fingerprint density at radius 2 is 1.90 bits per heavy atom. The quantitative estimate of drug-likeness (QED) is 0.602. The lowest BCUT2D eigenvalue weighted by Gasteiger charge is -2.18. The number of aryl methyl sites for hydroxylation is 3. The molecule has 0 saturated carbocycles. The second-order valence-electron chi connectivity index (χ2n) is 7.60. The molecule has 1 aromatic carbocycles. The largest absolute Gasteiger partial charge is 0.315 e. The molecular formula is C21H23N3O4S2. The lowest BCUT2D eigenvalue weighted by Crippen LogP contribution is -2.29. The third kappa shape index (κ3) is 3.91. The first-order chi connectivity index (χ1) is 14.3. The molecule has 2 aromatic heterocycles. The van der Waals surface area contributed by atoms with Gasteiger partial charge in [-0.25, -0.2) is 13.4 Å². The van der Waals surface area contributed by atoms with Gasteiger partial charge in [-0.3, -0.25) is 14.2 Å². The molecule has 9 heteroatoms. The zero-order chi connectivity index (χ0) is 21.5. The van der Waals surface area contributed by atoms with Crippen LogP contribution in [0.25, 0.3) is 10.2 Å². The van der Waals surface area contributed by atoms with E-state index in [1.54, 1.807) is 30.5 Å². The van der Waals surface area contributed by atoms with Crippen molar-refractivity contribution in [2.75, 3.05) is 18.2 Å². The van der Waals surface area contributed by atoms with Crippen molar-refractivity contribution < 1.29 is 13.2 Å². The first-order valence-corrected chi connectivity index (χ1v) is 12.5. The highest BCUT2D eigenvalue weighted by atomic mass is 32.2. The predicted molar refractivity (Wildman–Crippen MR) is 118 cm³/mol. The number of thiophene rings is 1. The molecule has 0 aliphatic heterocycles. The Hall–Kier alpha value is -2.52. The second-order valence-corrected chi connectivity index (χ2v) is 10.7. The summed E-state index contributed by atoms with van der Waals surface area (Å²) in [4.78, 5) is 33.8. The van der Waals surface area contributed by atoms with E-state index in [-0.39, 0.29) is 29.3 Å². The molecule has 0 radical (unpaired) electrons. The Kier molecular flexibility index (Phi) is 5.50. The first kappa shape index (κ1) is 20.7. The molecular weight excluding hydrogens is 422 g/mol. The maximum Gasteiger partial charge on any atom is 0.262 e. The van der Waals surface area contributed by atoms with Gasteiger partial charge in [-0.15, -0.1) is 11.3 Å². The summed E-state index contributed by atoms with van der Waals surface area (Å²) in [5, 5.41) is 0.717. The van der Waals surface area contributed by atoms with Gasteiger partial charge in [0.15, 0.2) is 9.84 Å². The van der Waals surface area contributed by atoms with Crippen LogP contribution < -0.4 is 10.5 Å². The minimum atomic E-state index is -3.28. The Bertz CT molecular complexity index is 1270. The summed E-state index contributed by atoms with van der Waals surface area (Å²) in [6.45, 7) is 0.247. The van der Waals surface area contributed by atoms with Crippen LogP contribution in [0.1, 0.15) is 29.7 Å². The number of fused-ring (bicyclic) bond motifs is 3. The van der Waals surface area contributed by atoms with Gasteiger partial charge in [0.05, 0.1) is 16.6 Å². The molecule has 0 atom stereocenters. The number of carbonyl (C=O) groups is 1. The minimum absolute atomic E-state index is 0.0765. The van der Waals surface area contributed by atoms with Crippen molar-refractivity contribution >= 4 is 43.0 Å². The van der Waals surface area contributed by atoms with E-state index in [2.05, 4.69) is 4.98 Å². The number of anilines is 1. The summed E-state index contributed by atoms with van der Waals surface area (Å²) in [7, 11) is -1.65. The fraction of sp³-hybridized carbons (Fsp3) is 0.381. The Labute approximate surface area is 178 Å². The standard InChI is InChI=1S/C21H23N3O4S2/c1-23(14-7-9-15(10-8-14)30(2,27)28)18(25)11-12-24-13-22-20-19(21(24)26)16-5-3-4-6-17(16)29-20/h7-10,13H,3-6,11-12H2,1-2H3. The van der Waals surface area contributed by atoms with Crippen molar-refractivity contribution in [3.63, 3.8) is 0 Å². The number of hydrogen-bond donors (Lipinski definition) is 0. The SMILES string of the molecule is CN(C(=O)CCn1cnc2sc3c(c2c1=O)CCCC3)c1ccc(S(C)(=O)=O)cc1. The van der Waals surface area contributed by atoms with Crippen molar-refractivity contribution in [3.8, 4) is 0 Å². The Morgan fingerprint density at radius 1 is 1.20 bits per heavy atom. The molecule has 2 heterocycles. The summed E-state index contributed by atoms with van der Waals surface area (Å²) in [5.41, 5.74) is 1.66. The highest BCUT2D eigenvalue weighted by molar-refractivity contribution is 7.90. The zero-order valence-corrected chi connectivity index (χ0v) is 18.6. The Balaban J connectivity index is 1.50. The molecule has 30 heavy (non-hydrogen) atoms. The Morgan fingerprint density at radius 3 is 2.60 bits per heavy atom. The number of carbonyl (C=O) groups excluding carboxylic acids is 1. The average molecular weight is 446 g/mol. The monoisotopic (exact) mass is 445 g/mol. The number of nitrogens with zero attached hydrogens (tertiary/aromatic N) is 3. The van der Waals surface area contributed by atoms with Crippen LogP contribution >= 0.6 is 11.3 Å². The predicted octanol–water partition coefficient (Wildman–Crippen LogP) is 2.79. The molecule has 1 aliphatic carbocycles. The summed E-state index contributed by atoms with van der Waals surface area (Å²) >= 11 is 1.61. The van der Waals surface area contributed by atoms with Gasteiger partial charge < -0.3 is 4.90 Å². The van der Waals surface area contributed by atoms with Crippen LogP contribution in [0.3, 0.4) is 0 Å². The van der Waals surface area contributed by atoms with Crippen molar-refractivity contribution in [1.29, 1.82) is 0 Å². The number of rotatable bonds is 5. The van der Waals surface area contributed by atoms with E-state index in [4.69, 9.17) is 0 Å². The lowest BCUT2D eigenvalue weighted by molar-refractivity contribution is -0.118. The maximum atomic E-state index is 13.0. The summed E-state index contributed by atoms with van der Waals surface area (Å²) in [5.74, 6) is -0.165. The van der Waals surface area contributed by atoms with E-state index in [9.17, 15) is 18.0 Å². The smallest absolute Gasteiger partial charge is 0.262 e. The van der Waals surface area contributed by atoms with E-state index in [0.29, 0.717) is 5.69 Å². The van der Waals surface area contributed by atoms with E-state index >= 15 is 0 Å². The van der Waals surface area contributed by atoms with Gasteiger partial charge >= 0.3 is 0 Å². The van der Waals surface area contributed by atoms with E-state index in [1.165, 1.54) is 32.8 Å². The van der Waals surface area contributed by atoms with Crippen LogP contribution in [-0.2, 0) is 34.0 Å². The number of benzene rings is 1. The van der Waals surface area contributed by atoms with E-state index in [0.717, 1.165) is 47.7 Å². The molecule has 0 bridgehead atoms. The zero-order valence-electron chi connectivity index (χ0n) is 16.9. The molecule has 7 nitrogen and oxygen atoms in total. The van der Waals surface area contributed by atoms with Crippen molar-refractivity contribution in [1.82, 2.24) is 9.55 Å². The van der Waals surface area contributed by atoms with Gasteiger partial charge in [-0.1, -0.05) is 0 Å². The fourth-order valence-corrected chi connectivity index (χ4v) is 5.64. The molecule has 1 amide bonds. The van der Waals surface area contributed by atoms with Gasteiger partial charge in [0, 0.05) is 36.8 Å². The van der Waals surface area contributed by atoms with Crippen LogP contribution in [0.4, 0.5) is 5.69 Å². The molecule has 0 unspecified atom stereocenters. The molecule has 0 spiro atoms. The number of aromatic nitrogens is 2. The third-order valence-corrected chi connectivity index (χ3v) is 7.86. The maximum absolute atomic E-state index is 13.0. The molecule has 0 N–H and O–H groups in total. The van der Waals surface area contributed by atoms with Gasteiger partial charge in [0.25, 0.3) is 5.56 Å². The van der Waals surface area contributed by atoms with Crippen LogP contribution in [-0.4, -0.2) is 37.2 Å². The van der Waals surface area contributed by atoms with Gasteiger partial charge in [0.1, 0.15) is 4.83 Å². The lowest BCUT2D eigenvalue weighted by atomic mass is 9.97. The number of hydrogen-bond acceptors (Lipinski definition) is 6. The summed E-state index contributed by atoms with van der Waals surface area (Å²) < 4.78 is 24.7. The fourth-order valence-electron chi connectivity index (χ4n) is 3.79. The van der Waals surface area contributed by atoms with Crippen molar-refractivity contribution in [2.24, 2.45) is 0 Å². The number of amides is 1. The average Bonchev–Trinajstić information content (AvgIpc) is 3.11. The third-order valence-electron chi connectivity index (χ3n) is 5.53. The van der Waals surface area contributed by atoms with E-state index in [1.807, 2.05) is 0 Å². The van der Waals surface area contributed by atoms with Crippen LogP contribution in [0.2, 0.25) is 0 Å². The molecule has 1 aliphatic rings. The molecule has 4 rings (SSSR count). The first-order valence-electron chi connectivity index (χ1n) is 9.82. The van der Waals surface area contributed by atoms with Crippen molar-refractivity contribution in [2.45, 2.75) is 43.5 Å². The molecule has 0 fully saturated rings. The van der Waals surface area contributed by atoms with E-state index < -0.39 is 9.84 Å². The topological polar surface area (TPSA) is 89.3 Å². The summed E-state index contributed by atoms with van der Waals surface area (Å²) in [6, 6.07) is 6.17. The molecule has 0 saturated heterocycles. The minimum Gasteiger partial charge on any atom is -0.315 e. The summed E-state index contributed by atoms with van der Waals surface area (Å²) in [6.07, 6.45) is 6.99. The normalized spacial score (nSPS) is 13.9. The van der Waals surface area contributed by atoms with Crippen molar-refractivity contribution in [3.05, 3.63) is 51.4 Å². The molecule has 158 valence electrons. The van der Waals surface area contributed by atoms with Crippen LogP contribution in [0.5, 0.6) is 0 Å². The van der Waals surface area contributed by atoms with Gasteiger partial charge in [-0.2, -0.15) is 0 Å². The van der Waals surface area contributed by atoms with Gasteiger partial charge in [0.2, 0.25) is 5.91 Å². The highest BCUT2D eigenvalue weighted by Crippen LogP contribution is 2.33. The number of sulfone groups is 1. The highest BCUT2D eigenvalue weighted by Gasteiger charge is 2.20. The van der Waals surface area contributed by atoms with Gasteiger partial charge in [-0.05, 0) is 55.5 Å².